The minimum atomic E-state index is -0.0797. The second-order valence-electron chi connectivity index (χ2n) is 4.85. The van der Waals surface area contributed by atoms with Crippen molar-refractivity contribution in [3.05, 3.63) is 24.3 Å². The third-order valence-electron chi connectivity index (χ3n) is 3.10. The lowest BCUT2D eigenvalue weighted by molar-refractivity contribution is -0.115. The van der Waals surface area contributed by atoms with E-state index in [0.29, 0.717) is 19.8 Å². The maximum Gasteiger partial charge on any atom is 0.238 e. The molecule has 2 N–H and O–H groups in total. The largest absolute Gasteiger partial charge is 0.488 e. The van der Waals surface area contributed by atoms with Gasteiger partial charge in [-0.15, -0.1) is 0 Å². The van der Waals surface area contributed by atoms with Crippen LogP contribution in [0, 0.1) is 0 Å². The van der Waals surface area contributed by atoms with Gasteiger partial charge in [-0.05, 0) is 24.3 Å². The lowest BCUT2D eigenvalue weighted by atomic mass is 10.2. The predicted molar refractivity (Wildman–Crippen MR) is 79.7 cm³/mol. The Bertz CT molecular complexity index is 430. The average Bonchev–Trinajstić information content (AvgIpc) is 2.99. The zero-order valence-electron chi connectivity index (χ0n) is 12.3. The zero-order valence-corrected chi connectivity index (χ0v) is 12.3. The molecule has 1 fully saturated rings. The molecule has 0 aromatic heterocycles. The summed E-state index contributed by atoms with van der Waals surface area (Å²) in [5.74, 6) is 0.714. The number of nitrogens with one attached hydrogen (secondary N) is 2. The minimum Gasteiger partial charge on any atom is -0.488 e. The van der Waals surface area contributed by atoms with E-state index >= 15 is 0 Å². The first-order valence-electron chi connectivity index (χ1n) is 7.12. The third kappa shape index (κ3) is 5.71. The Morgan fingerprint density at radius 3 is 2.86 bits per heavy atom. The van der Waals surface area contributed by atoms with Crippen LogP contribution in [-0.4, -0.2) is 52.0 Å². The van der Waals surface area contributed by atoms with E-state index in [1.807, 2.05) is 24.3 Å². The zero-order chi connectivity index (χ0) is 14.9. The lowest BCUT2D eigenvalue weighted by Crippen LogP contribution is -2.30. The van der Waals surface area contributed by atoms with Crippen LogP contribution in [0.2, 0.25) is 0 Å². The SMILES string of the molecule is COCCNCC(=O)Nc1ccc(OC2CCOC2)cc1. The molecule has 0 bridgehead atoms. The summed E-state index contributed by atoms with van der Waals surface area (Å²) in [6.45, 7) is 2.91. The molecule has 21 heavy (non-hydrogen) atoms. The maximum absolute atomic E-state index is 11.7. The van der Waals surface area contributed by atoms with Gasteiger partial charge in [-0.2, -0.15) is 0 Å². The van der Waals surface area contributed by atoms with Crippen molar-refractivity contribution in [1.29, 1.82) is 0 Å². The van der Waals surface area contributed by atoms with Crippen LogP contribution >= 0.6 is 0 Å². The fraction of sp³-hybridized carbons (Fsp3) is 0.533. The van der Waals surface area contributed by atoms with Gasteiger partial charge < -0.3 is 24.8 Å². The summed E-state index contributed by atoms with van der Waals surface area (Å²) in [6, 6.07) is 7.37. The monoisotopic (exact) mass is 294 g/mol. The maximum atomic E-state index is 11.7. The number of amides is 1. The van der Waals surface area contributed by atoms with Crippen molar-refractivity contribution in [2.75, 3.05) is 45.3 Å². The molecule has 1 aromatic carbocycles. The standard InChI is InChI=1S/C15H22N2O4/c1-19-9-7-16-10-15(18)17-12-2-4-13(5-3-12)21-14-6-8-20-11-14/h2-5,14,16H,6-11H2,1H3,(H,17,18). The van der Waals surface area contributed by atoms with Crippen LogP contribution in [-0.2, 0) is 14.3 Å². The highest BCUT2D eigenvalue weighted by Gasteiger charge is 2.16. The Labute approximate surface area is 124 Å². The van der Waals surface area contributed by atoms with Gasteiger partial charge in [-0.25, -0.2) is 0 Å². The summed E-state index contributed by atoms with van der Waals surface area (Å²) < 4.78 is 15.9. The first-order chi connectivity index (χ1) is 10.3. The Balaban J connectivity index is 1.72. The number of benzene rings is 1. The van der Waals surface area contributed by atoms with E-state index in [0.717, 1.165) is 24.5 Å². The third-order valence-corrected chi connectivity index (χ3v) is 3.10. The van der Waals surface area contributed by atoms with E-state index in [9.17, 15) is 4.79 Å². The molecule has 116 valence electrons. The van der Waals surface area contributed by atoms with E-state index in [2.05, 4.69) is 10.6 Å². The van der Waals surface area contributed by atoms with Gasteiger partial charge in [-0.3, -0.25) is 4.79 Å². The van der Waals surface area contributed by atoms with Crippen LogP contribution in [0.25, 0.3) is 0 Å². The molecule has 1 amide bonds. The highest BCUT2D eigenvalue weighted by molar-refractivity contribution is 5.92. The van der Waals surface area contributed by atoms with Gasteiger partial charge in [0.2, 0.25) is 5.91 Å². The van der Waals surface area contributed by atoms with E-state index in [1.54, 1.807) is 7.11 Å². The second kappa shape index (κ2) is 8.61. The number of carbonyl (C=O) groups excluding carboxylic acids is 1. The summed E-state index contributed by atoms with van der Waals surface area (Å²) in [6.07, 6.45) is 1.06. The number of hydrogen-bond donors (Lipinski definition) is 2. The van der Waals surface area contributed by atoms with Crippen LogP contribution in [0.3, 0.4) is 0 Å². The van der Waals surface area contributed by atoms with Gasteiger partial charge in [0.05, 0.1) is 26.4 Å². The summed E-state index contributed by atoms with van der Waals surface area (Å²) in [7, 11) is 1.63. The molecule has 1 heterocycles. The van der Waals surface area contributed by atoms with Gasteiger partial charge in [0.15, 0.2) is 0 Å². The molecule has 1 aliphatic heterocycles. The van der Waals surface area contributed by atoms with Gasteiger partial charge in [-0.1, -0.05) is 0 Å². The normalized spacial score (nSPS) is 17.7. The number of carbonyl (C=O) groups is 1. The molecule has 2 rings (SSSR count). The number of ether oxygens (including phenoxy) is 3. The Morgan fingerprint density at radius 1 is 1.38 bits per heavy atom. The van der Waals surface area contributed by atoms with Gasteiger partial charge >= 0.3 is 0 Å². The van der Waals surface area contributed by atoms with Crippen LogP contribution in [0.5, 0.6) is 5.75 Å². The molecule has 0 radical (unpaired) electrons. The van der Waals surface area contributed by atoms with Crippen molar-refractivity contribution in [3.8, 4) is 5.75 Å². The number of rotatable bonds is 8. The highest BCUT2D eigenvalue weighted by Crippen LogP contribution is 2.19. The molecule has 6 heteroatoms. The molecule has 0 saturated carbocycles. The van der Waals surface area contributed by atoms with E-state index < -0.39 is 0 Å². The van der Waals surface area contributed by atoms with Crippen molar-refractivity contribution < 1.29 is 19.0 Å². The van der Waals surface area contributed by atoms with E-state index in [1.165, 1.54) is 0 Å². The van der Waals surface area contributed by atoms with Crippen molar-refractivity contribution in [3.63, 3.8) is 0 Å². The van der Waals surface area contributed by atoms with Gasteiger partial charge in [0, 0.05) is 25.8 Å². The van der Waals surface area contributed by atoms with E-state index in [-0.39, 0.29) is 18.6 Å². The first kappa shape index (κ1) is 15.8. The van der Waals surface area contributed by atoms with Gasteiger partial charge in [0.25, 0.3) is 0 Å². The fourth-order valence-electron chi connectivity index (χ4n) is 2.00. The number of anilines is 1. The molecule has 6 nitrogen and oxygen atoms in total. The van der Waals surface area contributed by atoms with Crippen molar-refractivity contribution in [2.45, 2.75) is 12.5 Å². The molecule has 0 spiro atoms. The molecule has 0 aliphatic carbocycles. The quantitative estimate of drug-likeness (QED) is 0.701. The Morgan fingerprint density at radius 2 is 2.19 bits per heavy atom. The minimum absolute atomic E-state index is 0.0797. The van der Waals surface area contributed by atoms with Crippen molar-refractivity contribution in [1.82, 2.24) is 5.32 Å². The molecular weight excluding hydrogens is 272 g/mol. The molecule has 1 aliphatic rings. The second-order valence-corrected chi connectivity index (χ2v) is 4.85. The first-order valence-corrected chi connectivity index (χ1v) is 7.12. The van der Waals surface area contributed by atoms with Crippen LogP contribution < -0.4 is 15.4 Å². The molecule has 1 atom stereocenters. The van der Waals surface area contributed by atoms with Crippen LogP contribution in [0.1, 0.15) is 6.42 Å². The Kier molecular flexibility index (Phi) is 6.46. The molecule has 1 aromatic rings. The number of methoxy groups -OCH3 is 1. The molecule has 1 unspecified atom stereocenters. The Hall–Kier alpha value is -1.63. The predicted octanol–water partition coefficient (Wildman–Crippen LogP) is 1.03. The van der Waals surface area contributed by atoms with Gasteiger partial charge in [0.1, 0.15) is 11.9 Å². The highest BCUT2D eigenvalue weighted by atomic mass is 16.5. The topological polar surface area (TPSA) is 68.8 Å². The molecule has 1 saturated heterocycles. The summed E-state index contributed by atoms with van der Waals surface area (Å²) in [4.78, 5) is 11.7. The fourth-order valence-corrected chi connectivity index (χ4v) is 2.00. The van der Waals surface area contributed by atoms with Crippen LogP contribution in [0.15, 0.2) is 24.3 Å². The van der Waals surface area contributed by atoms with Crippen molar-refractivity contribution >= 4 is 11.6 Å². The van der Waals surface area contributed by atoms with Crippen molar-refractivity contribution in [2.24, 2.45) is 0 Å². The molecular formula is C15H22N2O4. The average molecular weight is 294 g/mol. The summed E-state index contributed by atoms with van der Waals surface area (Å²) in [5.41, 5.74) is 0.753. The summed E-state index contributed by atoms with van der Waals surface area (Å²) in [5, 5.41) is 5.81. The smallest absolute Gasteiger partial charge is 0.238 e. The lowest BCUT2D eigenvalue weighted by Gasteiger charge is -2.12. The van der Waals surface area contributed by atoms with E-state index in [4.69, 9.17) is 14.2 Å². The van der Waals surface area contributed by atoms with Crippen LogP contribution in [0.4, 0.5) is 5.69 Å². The number of hydrogen-bond acceptors (Lipinski definition) is 5. The summed E-state index contributed by atoms with van der Waals surface area (Å²) >= 11 is 0.